The minimum absolute atomic E-state index is 0.158. The second-order valence-corrected chi connectivity index (χ2v) is 28.0. The van der Waals surface area contributed by atoms with Gasteiger partial charge in [0.15, 0.2) is 0 Å². The zero-order valence-electron chi connectivity index (χ0n) is 42.2. The van der Waals surface area contributed by atoms with E-state index in [1.165, 1.54) is 256 Å². The summed E-state index contributed by atoms with van der Waals surface area (Å²) in [6.45, 7) is 17.3. The summed E-state index contributed by atoms with van der Waals surface area (Å²) in [4.78, 5) is 0. The van der Waals surface area contributed by atoms with Crippen LogP contribution in [0.2, 0.25) is 11.1 Å². The maximum absolute atomic E-state index is 6.28. The van der Waals surface area contributed by atoms with Crippen molar-refractivity contribution in [2.24, 2.45) is 0 Å². The summed E-state index contributed by atoms with van der Waals surface area (Å²) < 4.78 is 30.1. The largest absolute Gasteiger partial charge is 0.355 e. The maximum atomic E-state index is 6.28. The Kier molecular flexibility index (Phi) is 43.5. The summed E-state index contributed by atoms with van der Waals surface area (Å²) in [5, 5.41) is 0. The first-order chi connectivity index (χ1) is 30.6. The first kappa shape index (κ1) is 59.0. The quantitative estimate of drug-likeness (QED) is 0.0259. The van der Waals surface area contributed by atoms with Gasteiger partial charge in [-0.1, -0.05) is 203 Å². The molecule has 0 saturated carbocycles. The number of hydrogen-bond donors (Lipinski definition) is 0. The lowest BCUT2D eigenvalue weighted by Crippen LogP contribution is -2.37. The number of ether oxygens (including phenoxy) is 4. The Hall–Kier alpha value is 0.894. The molecule has 0 aromatic rings. The van der Waals surface area contributed by atoms with E-state index in [0.717, 1.165) is 24.3 Å². The SMILES string of the molecule is CCCCCCCCCCCCCCCOCOC1CCC(C)[SiH2]N(CCCSSCCCN2CCC(OCOCCCCCCCCCCCCCCC)CCC(C)[SiH2]2)CC1. The van der Waals surface area contributed by atoms with Crippen molar-refractivity contribution < 1.29 is 18.9 Å². The fraction of sp³-hybridized carbons (Fsp3) is 1.00. The van der Waals surface area contributed by atoms with Crippen molar-refractivity contribution in [1.29, 1.82) is 0 Å². The van der Waals surface area contributed by atoms with Crippen LogP contribution in [-0.2, 0) is 18.9 Å². The van der Waals surface area contributed by atoms with Gasteiger partial charge in [-0.15, -0.1) is 0 Å². The lowest BCUT2D eigenvalue weighted by molar-refractivity contribution is -0.0960. The third kappa shape index (κ3) is 37.9. The monoisotopic (exact) mass is 945 g/mol. The zero-order valence-corrected chi connectivity index (χ0v) is 46.6. The average Bonchev–Trinajstić information content (AvgIpc) is 3.26. The lowest BCUT2D eigenvalue weighted by Gasteiger charge is -2.31. The molecule has 0 aliphatic carbocycles. The molecule has 0 N–H and O–H groups in total. The van der Waals surface area contributed by atoms with Crippen LogP contribution in [0.3, 0.4) is 0 Å². The molecular formula is C52H108N2O4S2Si2. The Morgan fingerprint density at radius 2 is 0.726 bits per heavy atom. The summed E-state index contributed by atoms with van der Waals surface area (Å²) in [7, 11) is 3.93. The molecule has 2 heterocycles. The number of hydrogen-bond acceptors (Lipinski definition) is 8. The van der Waals surface area contributed by atoms with Crippen molar-refractivity contribution in [3.63, 3.8) is 0 Å². The molecule has 2 fully saturated rings. The molecular weight excluding hydrogens is 837 g/mol. The molecule has 4 atom stereocenters. The Bertz CT molecular complexity index is 847. The number of nitrogens with zero attached hydrogens (tertiary/aromatic N) is 2. The van der Waals surface area contributed by atoms with Gasteiger partial charge in [-0.05, 0) is 101 Å². The van der Waals surface area contributed by atoms with Crippen LogP contribution in [0.1, 0.15) is 246 Å². The third-order valence-electron chi connectivity index (χ3n) is 13.7. The lowest BCUT2D eigenvalue weighted by atomic mass is 10.0. The van der Waals surface area contributed by atoms with Gasteiger partial charge >= 0.3 is 0 Å². The Balaban J connectivity index is 1.39. The van der Waals surface area contributed by atoms with Crippen LogP contribution in [0.4, 0.5) is 0 Å². The van der Waals surface area contributed by atoms with E-state index in [0.29, 0.717) is 25.8 Å². The average molecular weight is 946 g/mol. The highest BCUT2D eigenvalue weighted by molar-refractivity contribution is 8.76. The molecule has 0 bridgehead atoms. The molecule has 0 radical (unpaired) electrons. The van der Waals surface area contributed by atoms with Gasteiger partial charge in [0, 0.05) is 24.7 Å². The molecule has 0 aromatic carbocycles. The molecule has 2 rings (SSSR count). The Labute approximate surface area is 400 Å². The summed E-state index contributed by atoms with van der Waals surface area (Å²) in [5.74, 6) is 2.57. The molecule has 4 unspecified atom stereocenters. The van der Waals surface area contributed by atoms with E-state index < -0.39 is 0 Å². The highest BCUT2D eigenvalue weighted by Gasteiger charge is 2.21. The Morgan fingerprint density at radius 1 is 0.403 bits per heavy atom. The van der Waals surface area contributed by atoms with Crippen molar-refractivity contribution in [3.05, 3.63) is 0 Å². The summed E-state index contributed by atoms with van der Waals surface area (Å²) in [5.41, 5.74) is 1.78. The normalized spacial score (nSPS) is 21.7. The van der Waals surface area contributed by atoms with Gasteiger partial charge in [0.05, 0.1) is 31.6 Å². The van der Waals surface area contributed by atoms with Gasteiger partial charge in [0.25, 0.3) is 0 Å². The molecule has 62 heavy (non-hydrogen) atoms. The molecule has 0 aromatic heterocycles. The fourth-order valence-electron chi connectivity index (χ4n) is 9.53. The molecule has 2 aliphatic heterocycles. The van der Waals surface area contributed by atoms with Crippen LogP contribution >= 0.6 is 21.6 Å². The first-order valence-electron chi connectivity index (χ1n) is 27.7. The minimum atomic E-state index is -0.158. The van der Waals surface area contributed by atoms with E-state index in [2.05, 4.69) is 58.4 Å². The molecule has 2 aliphatic rings. The highest BCUT2D eigenvalue weighted by atomic mass is 33.1. The maximum Gasteiger partial charge on any atom is 0.147 e. The molecule has 0 spiro atoms. The first-order valence-corrected chi connectivity index (χ1v) is 33.1. The van der Waals surface area contributed by atoms with Gasteiger partial charge in [-0.25, -0.2) is 0 Å². The number of rotatable bonds is 43. The van der Waals surface area contributed by atoms with Gasteiger partial charge < -0.3 is 28.1 Å². The van der Waals surface area contributed by atoms with Gasteiger partial charge in [-0.2, -0.15) is 0 Å². The van der Waals surface area contributed by atoms with Crippen LogP contribution in [0.25, 0.3) is 0 Å². The van der Waals surface area contributed by atoms with Gasteiger partial charge in [0.1, 0.15) is 13.6 Å². The van der Waals surface area contributed by atoms with Crippen LogP contribution < -0.4 is 0 Å². The molecule has 10 heteroatoms. The van der Waals surface area contributed by atoms with Crippen molar-refractivity contribution in [3.8, 4) is 0 Å². The summed E-state index contributed by atoms with van der Waals surface area (Å²) in [6, 6.07) is 0. The van der Waals surface area contributed by atoms with E-state index in [1.807, 2.05) is 0 Å². The summed E-state index contributed by atoms with van der Waals surface area (Å²) in [6.07, 6.45) is 47.1. The Morgan fingerprint density at radius 3 is 1.06 bits per heavy atom. The second kappa shape index (κ2) is 45.7. The highest BCUT2D eigenvalue weighted by Crippen LogP contribution is 2.26. The molecule has 0 amide bonds. The van der Waals surface area contributed by atoms with Crippen molar-refractivity contribution in [2.45, 2.75) is 269 Å². The molecule has 370 valence electrons. The standard InChI is InChI=1S/C52H108N2O4S2Si2/c1-5-7-9-11-13-15-17-19-21-23-25-27-29-43-55-47-57-51-35-33-49(3)61-53(41-37-51)39-31-45-59-60-46-32-40-54-42-38-52(36-34-50(4)62-54)58-48-56-44-30-28-26-24-22-20-18-16-14-12-10-8-6-2/h49-52H,5-48,61-62H2,1-4H3. The van der Waals surface area contributed by atoms with Gasteiger partial charge in [-0.3, -0.25) is 0 Å². The van der Waals surface area contributed by atoms with E-state index in [4.69, 9.17) is 18.9 Å². The zero-order chi connectivity index (χ0) is 44.2. The van der Waals surface area contributed by atoms with Crippen molar-refractivity contribution in [1.82, 2.24) is 9.13 Å². The fourth-order valence-corrected chi connectivity index (χ4v) is 15.8. The van der Waals surface area contributed by atoms with Gasteiger partial charge in [0.2, 0.25) is 0 Å². The van der Waals surface area contributed by atoms with Crippen molar-refractivity contribution >= 4 is 41.0 Å². The molecule has 6 nitrogen and oxygen atoms in total. The van der Waals surface area contributed by atoms with E-state index >= 15 is 0 Å². The second-order valence-electron chi connectivity index (χ2n) is 20.0. The van der Waals surface area contributed by atoms with E-state index in [9.17, 15) is 0 Å². The van der Waals surface area contributed by atoms with E-state index in [-0.39, 0.29) is 19.4 Å². The van der Waals surface area contributed by atoms with Crippen molar-refractivity contribution in [2.75, 3.05) is 64.5 Å². The number of unbranched alkanes of at least 4 members (excludes halogenated alkanes) is 24. The van der Waals surface area contributed by atoms with Crippen LogP contribution in [0, 0.1) is 0 Å². The summed E-state index contributed by atoms with van der Waals surface area (Å²) >= 11 is 0. The van der Waals surface area contributed by atoms with Crippen LogP contribution in [-0.4, -0.2) is 105 Å². The third-order valence-corrected chi connectivity index (χ3v) is 20.6. The minimum Gasteiger partial charge on any atom is -0.355 e. The predicted octanol–water partition coefficient (Wildman–Crippen LogP) is 14.8. The topological polar surface area (TPSA) is 43.4 Å². The van der Waals surface area contributed by atoms with Crippen LogP contribution in [0.5, 0.6) is 0 Å². The van der Waals surface area contributed by atoms with Crippen LogP contribution in [0.15, 0.2) is 0 Å². The predicted molar refractivity (Wildman–Crippen MR) is 284 cm³/mol. The van der Waals surface area contributed by atoms with E-state index in [1.54, 1.807) is 0 Å². The molecule has 2 saturated heterocycles. The smallest absolute Gasteiger partial charge is 0.147 e.